The van der Waals surface area contributed by atoms with E-state index in [-0.39, 0.29) is 0 Å². The van der Waals surface area contributed by atoms with Gasteiger partial charge in [0.15, 0.2) is 0 Å². The van der Waals surface area contributed by atoms with Crippen molar-refractivity contribution < 1.29 is 12.7 Å². The summed E-state index contributed by atoms with van der Waals surface area (Å²) in [4.78, 5) is 0. The maximum Gasteiger partial charge on any atom is 0.281 e. The number of unbranched alkanes of at least 4 members (excludes halogenated alkanes) is 1. The first-order valence-electron chi connectivity index (χ1n) is 3.42. The monoisotopic (exact) mass is 182 g/mol. The zero-order valence-corrected chi connectivity index (χ0v) is 7.57. The molecule has 0 aliphatic carbocycles. The highest BCUT2D eigenvalue weighted by Crippen LogP contribution is 1.81. The second kappa shape index (κ2) is 5.48. The Hall–Kier alpha value is -0.170. The van der Waals surface area contributed by atoms with E-state index in [0.29, 0.717) is 6.54 Å². The second-order valence-corrected chi connectivity index (χ2v) is 3.74. The fourth-order valence-corrected chi connectivity index (χ4v) is 0.632. The fourth-order valence-electron chi connectivity index (χ4n) is 0.421. The van der Waals surface area contributed by atoms with E-state index in [9.17, 15) is 8.42 Å². The van der Waals surface area contributed by atoms with Crippen molar-refractivity contribution in [1.82, 2.24) is 11.0 Å². The van der Waals surface area contributed by atoms with Crippen LogP contribution in [0.5, 0.6) is 0 Å². The third kappa shape index (κ3) is 9.83. The minimum atomic E-state index is -3.38. The van der Waals surface area contributed by atoms with E-state index < -0.39 is 10.1 Å². The smallest absolute Gasteiger partial charge is 0.233 e. The lowest BCUT2D eigenvalue weighted by Crippen LogP contribution is -2.34. The summed E-state index contributed by atoms with van der Waals surface area (Å²) in [5.74, 6) is 0. The summed E-state index contributed by atoms with van der Waals surface area (Å²) in [5, 5.41) is 0. The summed E-state index contributed by atoms with van der Waals surface area (Å²) in [6.07, 6.45) is 3.00. The predicted octanol–water partition coefficient (Wildman–Crippen LogP) is -0.228. The van der Waals surface area contributed by atoms with Gasteiger partial charge in [-0.05, 0) is 6.42 Å². The van der Waals surface area contributed by atoms with Crippen molar-refractivity contribution in [2.24, 2.45) is 0 Å². The van der Waals surface area contributed by atoms with Gasteiger partial charge in [0, 0.05) is 6.54 Å². The van der Waals surface area contributed by atoms with Crippen LogP contribution in [-0.2, 0) is 14.4 Å². The number of hydrogen-bond acceptors (Lipinski definition) is 5. The van der Waals surface area contributed by atoms with Crippen LogP contribution in [0.1, 0.15) is 19.8 Å². The summed E-state index contributed by atoms with van der Waals surface area (Å²) >= 11 is 0. The molecule has 0 saturated heterocycles. The molecule has 0 radical (unpaired) electrons. The highest BCUT2D eigenvalue weighted by atomic mass is 32.2. The minimum Gasteiger partial charge on any atom is -0.233 e. The first-order valence-corrected chi connectivity index (χ1v) is 5.24. The van der Waals surface area contributed by atoms with Crippen LogP contribution in [0.4, 0.5) is 0 Å². The molecular weight excluding hydrogens is 168 g/mol. The van der Waals surface area contributed by atoms with E-state index in [0.717, 1.165) is 19.1 Å². The normalized spacial score (nSPS) is 11.8. The maximum absolute atomic E-state index is 10.3. The highest BCUT2D eigenvalue weighted by molar-refractivity contribution is 7.85. The molecule has 0 aromatic rings. The van der Waals surface area contributed by atoms with Crippen LogP contribution in [0, 0.1) is 0 Å². The van der Waals surface area contributed by atoms with Gasteiger partial charge in [0.2, 0.25) is 0 Å². The second-order valence-electron chi connectivity index (χ2n) is 2.17. The lowest BCUT2D eigenvalue weighted by Gasteiger charge is -2.03. The fraction of sp³-hybridized carbons (Fsp3) is 1.00. The molecule has 0 unspecified atom stereocenters. The molecule has 0 amide bonds. The summed E-state index contributed by atoms with van der Waals surface area (Å²) in [5.41, 5.74) is 4.71. The van der Waals surface area contributed by atoms with Crippen molar-refractivity contribution in [3.63, 3.8) is 0 Å². The zero-order chi connectivity index (χ0) is 8.74. The number of rotatable bonds is 6. The Morgan fingerprint density at radius 1 is 1.45 bits per heavy atom. The highest BCUT2D eigenvalue weighted by Gasteiger charge is 1.98. The lowest BCUT2D eigenvalue weighted by molar-refractivity contribution is 0.159. The average molecular weight is 182 g/mol. The number of hydrogen-bond donors (Lipinski definition) is 2. The van der Waals surface area contributed by atoms with Gasteiger partial charge in [-0.1, -0.05) is 13.3 Å². The van der Waals surface area contributed by atoms with Crippen LogP contribution in [0.25, 0.3) is 0 Å². The minimum absolute atomic E-state index is 0.687. The Morgan fingerprint density at radius 2 is 2.09 bits per heavy atom. The molecule has 0 aromatic heterocycles. The Balaban J connectivity index is 3.16. The van der Waals surface area contributed by atoms with E-state index in [1.807, 2.05) is 6.92 Å². The molecule has 0 heterocycles. The Kier molecular flexibility index (Phi) is 5.39. The van der Waals surface area contributed by atoms with E-state index >= 15 is 0 Å². The van der Waals surface area contributed by atoms with Crippen LogP contribution >= 0.6 is 0 Å². The van der Waals surface area contributed by atoms with Crippen LogP contribution in [0.3, 0.4) is 0 Å². The van der Waals surface area contributed by atoms with Gasteiger partial charge in [-0.3, -0.25) is 0 Å². The van der Waals surface area contributed by atoms with E-state index in [2.05, 4.69) is 15.3 Å². The summed E-state index contributed by atoms with van der Waals surface area (Å²) in [7, 11) is -3.38. The van der Waals surface area contributed by atoms with Gasteiger partial charge in [0.25, 0.3) is 10.1 Å². The predicted molar refractivity (Wildman–Crippen MR) is 42.0 cm³/mol. The summed E-state index contributed by atoms with van der Waals surface area (Å²) < 4.78 is 24.9. The van der Waals surface area contributed by atoms with Crippen molar-refractivity contribution in [3.8, 4) is 0 Å². The Morgan fingerprint density at radius 3 is 2.55 bits per heavy atom. The molecular formula is C5H14N2O3S. The molecule has 0 fully saturated rings. The van der Waals surface area contributed by atoms with Gasteiger partial charge >= 0.3 is 0 Å². The average Bonchev–Trinajstić information content (AvgIpc) is 1.85. The van der Waals surface area contributed by atoms with Gasteiger partial charge < -0.3 is 0 Å². The van der Waals surface area contributed by atoms with Crippen LogP contribution < -0.4 is 11.0 Å². The molecule has 11 heavy (non-hydrogen) atoms. The van der Waals surface area contributed by atoms with Gasteiger partial charge in [-0.2, -0.15) is 12.7 Å². The quantitative estimate of drug-likeness (QED) is 0.439. The molecule has 68 valence electrons. The third-order valence-corrected chi connectivity index (χ3v) is 1.31. The first-order chi connectivity index (χ1) is 5.06. The van der Waals surface area contributed by atoms with Crippen LogP contribution in [0.2, 0.25) is 0 Å². The molecule has 0 atom stereocenters. The summed E-state index contributed by atoms with van der Waals surface area (Å²) in [6, 6.07) is 0. The van der Waals surface area contributed by atoms with E-state index in [4.69, 9.17) is 0 Å². The van der Waals surface area contributed by atoms with Gasteiger partial charge in [-0.25, -0.2) is 5.43 Å². The number of nitrogens with one attached hydrogen (secondary N) is 2. The van der Waals surface area contributed by atoms with Crippen LogP contribution in [0.15, 0.2) is 0 Å². The van der Waals surface area contributed by atoms with E-state index in [1.54, 1.807) is 0 Å². The molecule has 2 N–H and O–H groups in total. The van der Waals surface area contributed by atoms with Crippen molar-refractivity contribution in [2.75, 3.05) is 12.8 Å². The molecule has 0 rings (SSSR count). The van der Waals surface area contributed by atoms with Gasteiger partial charge in [0.1, 0.15) is 0 Å². The SMILES string of the molecule is CCCCNNOS(C)(=O)=O. The van der Waals surface area contributed by atoms with E-state index in [1.165, 1.54) is 0 Å². The zero-order valence-electron chi connectivity index (χ0n) is 6.75. The van der Waals surface area contributed by atoms with Crippen molar-refractivity contribution in [1.29, 1.82) is 0 Å². The molecule has 0 spiro atoms. The molecule has 0 saturated carbocycles. The molecule has 0 aromatic carbocycles. The molecule has 5 nitrogen and oxygen atoms in total. The third-order valence-electron chi connectivity index (χ3n) is 0.921. The van der Waals surface area contributed by atoms with Crippen molar-refractivity contribution >= 4 is 10.1 Å². The Bertz CT molecular complexity index is 178. The maximum atomic E-state index is 10.3. The molecule has 0 aliphatic rings. The van der Waals surface area contributed by atoms with Gasteiger partial charge in [-0.15, -0.1) is 5.59 Å². The van der Waals surface area contributed by atoms with Crippen LogP contribution in [-0.4, -0.2) is 21.2 Å². The number of hydrazine groups is 1. The molecule has 0 aliphatic heterocycles. The Labute approximate surface area is 67.2 Å². The molecule has 6 heteroatoms. The standard InChI is InChI=1S/C5H14N2O3S/c1-3-4-5-6-7-10-11(2,8)9/h6-7H,3-5H2,1-2H3. The summed E-state index contributed by atoms with van der Waals surface area (Å²) in [6.45, 7) is 2.73. The largest absolute Gasteiger partial charge is 0.281 e. The first kappa shape index (κ1) is 10.8. The molecule has 0 bridgehead atoms. The van der Waals surface area contributed by atoms with Crippen molar-refractivity contribution in [2.45, 2.75) is 19.8 Å². The lowest BCUT2D eigenvalue weighted by atomic mass is 10.3. The van der Waals surface area contributed by atoms with Gasteiger partial charge in [0.05, 0.1) is 6.26 Å². The van der Waals surface area contributed by atoms with Crippen molar-refractivity contribution in [3.05, 3.63) is 0 Å². The topological polar surface area (TPSA) is 67.4 Å².